The SMILES string of the molecule is CC(O)(c1cccnc1)c1ccccc1N1CCOCC1. The van der Waals surface area contributed by atoms with Crippen LogP contribution in [0.25, 0.3) is 0 Å². The topological polar surface area (TPSA) is 45.6 Å². The van der Waals surface area contributed by atoms with Gasteiger partial charge in [-0.05, 0) is 19.1 Å². The zero-order chi connectivity index (χ0) is 14.7. The second-order valence-corrected chi connectivity index (χ2v) is 5.43. The molecule has 1 aromatic carbocycles. The molecule has 2 heterocycles. The minimum atomic E-state index is -1.07. The normalized spacial score (nSPS) is 18.3. The van der Waals surface area contributed by atoms with Gasteiger partial charge in [-0.15, -0.1) is 0 Å². The van der Waals surface area contributed by atoms with Gasteiger partial charge in [0, 0.05) is 42.3 Å². The Morgan fingerprint density at radius 2 is 1.90 bits per heavy atom. The first-order chi connectivity index (χ1) is 10.2. The van der Waals surface area contributed by atoms with Crippen LogP contribution in [0.1, 0.15) is 18.1 Å². The number of hydrogen-bond acceptors (Lipinski definition) is 4. The summed E-state index contributed by atoms with van der Waals surface area (Å²) in [6.45, 7) is 4.97. The van der Waals surface area contributed by atoms with Crippen molar-refractivity contribution < 1.29 is 9.84 Å². The summed E-state index contributed by atoms with van der Waals surface area (Å²) in [4.78, 5) is 6.39. The fourth-order valence-corrected chi connectivity index (χ4v) is 2.77. The Hall–Kier alpha value is -1.91. The third-order valence-electron chi connectivity index (χ3n) is 4.00. The van der Waals surface area contributed by atoms with Crippen LogP contribution in [0.15, 0.2) is 48.8 Å². The van der Waals surface area contributed by atoms with E-state index in [0.717, 1.165) is 43.1 Å². The largest absolute Gasteiger partial charge is 0.381 e. The van der Waals surface area contributed by atoms with E-state index in [1.54, 1.807) is 12.4 Å². The monoisotopic (exact) mass is 284 g/mol. The number of aromatic nitrogens is 1. The van der Waals surface area contributed by atoms with Crippen LogP contribution >= 0.6 is 0 Å². The highest BCUT2D eigenvalue weighted by Gasteiger charge is 2.30. The van der Waals surface area contributed by atoms with Gasteiger partial charge in [0.05, 0.1) is 13.2 Å². The van der Waals surface area contributed by atoms with Gasteiger partial charge < -0.3 is 14.7 Å². The Morgan fingerprint density at radius 3 is 2.62 bits per heavy atom. The van der Waals surface area contributed by atoms with Gasteiger partial charge in [0.15, 0.2) is 0 Å². The maximum atomic E-state index is 11.1. The Morgan fingerprint density at radius 1 is 1.14 bits per heavy atom. The van der Waals surface area contributed by atoms with E-state index in [9.17, 15) is 5.11 Å². The van der Waals surface area contributed by atoms with Crippen molar-refractivity contribution in [3.63, 3.8) is 0 Å². The molecule has 1 atom stereocenters. The van der Waals surface area contributed by atoms with Gasteiger partial charge >= 0.3 is 0 Å². The molecule has 4 nitrogen and oxygen atoms in total. The summed E-state index contributed by atoms with van der Waals surface area (Å²) in [5.41, 5.74) is 1.70. The lowest BCUT2D eigenvalue weighted by Gasteiger charge is -2.34. The number of aliphatic hydroxyl groups is 1. The Balaban J connectivity index is 2.02. The lowest BCUT2D eigenvalue weighted by molar-refractivity contribution is 0.100. The second-order valence-electron chi connectivity index (χ2n) is 5.43. The van der Waals surface area contributed by atoms with E-state index >= 15 is 0 Å². The summed E-state index contributed by atoms with van der Waals surface area (Å²) in [5, 5.41) is 11.1. The zero-order valence-electron chi connectivity index (χ0n) is 12.2. The van der Waals surface area contributed by atoms with E-state index in [4.69, 9.17) is 4.74 Å². The van der Waals surface area contributed by atoms with E-state index in [-0.39, 0.29) is 0 Å². The van der Waals surface area contributed by atoms with E-state index in [1.165, 1.54) is 0 Å². The molecule has 2 aromatic rings. The van der Waals surface area contributed by atoms with Gasteiger partial charge in [-0.2, -0.15) is 0 Å². The summed E-state index contributed by atoms with van der Waals surface area (Å²) >= 11 is 0. The van der Waals surface area contributed by atoms with Crippen molar-refractivity contribution in [1.82, 2.24) is 4.98 Å². The molecule has 1 unspecified atom stereocenters. The molecule has 0 aliphatic carbocycles. The number of hydrogen-bond donors (Lipinski definition) is 1. The molecule has 1 aliphatic heterocycles. The van der Waals surface area contributed by atoms with Gasteiger partial charge in [-0.1, -0.05) is 24.3 Å². The van der Waals surface area contributed by atoms with Gasteiger partial charge in [0.25, 0.3) is 0 Å². The average molecular weight is 284 g/mol. The summed E-state index contributed by atoms with van der Waals surface area (Å²) in [6, 6.07) is 11.8. The molecular formula is C17H20N2O2. The number of para-hydroxylation sites is 1. The molecular weight excluding hydrogens is 264 g/mol. The van der Waals surface area contributed by atoms with Gasteiger partial charge in [-0.3, -0.25) is 4.98 Å². The van der Waals surface area contributed by atoms with Crippen molar-refractivity contribution in [3.8, 4) is 0 Å². The number of benzene rings is 1. The van der Waals surface area contributed by atoms with Gasteiger partial charge in [-0.25, -0.2) is 0 Å². The van der Waals surface area contributed by atoms with Crippen LogP contribution in [-0.2, 0) is 10.3 Å². The van der Waals surface area contributed by atoms with Crippen LogP contribution in [0.3, 0.4) is 0 Å². The van der Waals surface area contributed by atoms with Crippen molar-refractivity contribution in [3.05, 3.63) is 59.9 Å². The Labute approximate surface area is 125 Å². The van der Waals surface area contributed by atoms with Gasteiger partial charge in [0.1, 0.15) is 5.60 Å². The summed E-state index contributed by atoms with van der Waals surface area (Å²) in [7, 11) is 0. The molecule has 1 saturated heterocycles. The minimum absolute atomic E-state index is 0.726. The predicted molar refractivity (Wildman–Crippen MR) is 82.4 cm³/mol. The number of anilines is 1. The van der Waals surface area contributed by atoms with Crippen LogP contribution < -0.4 is 4.90 Å². The third-order valence-corrected chi connectivity index (χ3v) is 4.00. The first-order valence-corrected chi connectivity index (χ1v) is 7.24. The number of nitrogens with zero attached hydrogens (tertiary/aromatic N) is 2. The lowest BCUT2D eigenvalue weighted by Crippen LogP contribution is -2.38. The van der Waals surface area contributed by atoms with Crippen LogP contribution in [0.2, 0.25) is 0 Å². The standard InChI is InChI=1S/C17H20N2O2/c1-17(20,14-5-4-8-18-13-14)15-6-2-3-7-16(15)19-9-11-21-12-10-19/h2-8,13,20H,9-12H2,1H3. The fraction of sp³-hybridized carbons (Fsp3) is 0.353. The maximum absolute atomic E-state index is 11.1. The molecule has 21 heavy (non-hydrogen) atoms. The lowest BCUT2D eigenvalue weighted by atomic mass is 9.87. The van der Waals surface area contributed by atoms with E-state index in [0.29, 0.717) is 0 Å². The van der Waals surface area contributed by atoms with Crippen molar-refractivity contribution in [2.45, 2.75) is 12.5 Å². The Kier molecular flexibility index (Phi) is 3.90. The molecule has 0 spiro atoms. The summed E-state index contributed by atoms with van der Waals surface area (Å²) in [6.07, 6.45) is 3.43. The van der Waals surface area contributed by atoms with E-state index < -0.39 is 5.60 Å². The molecule has 0 amide bonds. The second kappa shape index (κ2) is 5.84. The third kappa shape index (κ3) is 2.77. The van der Waals surface area contributed by atoms with E-state index in [1.807, 2.05) is 37.3 Å². The molecule has 0 radical (unpaired) electrons. The quantitative estimate of drug-likeness (QED) is 0.938. The summed E-state index contributed by atoms with van der Waals surface area (Å²) in [5.74, 6) is 0. The van der Waals surface area contributed by atoms with Crippen LogP contribution in [0, 0.1) is 0 Å². The molecule has 1 N–H and O–H groups in total. The van der Waals surface area contributed by atoms with Crippen LogP contribution in [-0.4, -0.2) is 36.4 Å². The Bertz CT molecular complexity index is 593. The molecule has 3 rings (SSSR count). The number of pyridine rings is 1. The molecule has 1 aromatic heterocycles. The van der Waals surface area contributed by atoms with Crippen molar-refractivity contribution >= 4 is 5.69 Å². The molecule has 110 valence electrons. The van der Waals surface area contributed by atoms with Crippen molar-refractivity contribution in [2.24, 2.45) is 0 Å². The maximum Gasteiger partial charge on any atom is 0.115 e. The molecule has 0 bridgehead atoms. The number of ether oxygens (including phenoxy) is 1. The number of morpholine rings is 1. The average Bonchev–Trinajstić information content (AvgIpc) is 2.56. The molecule has 0 saturated carbocycles. The first-order valence-electron chi connectivity index (χ1n) is 7.24. The van der Waals surface area contributed by atoms with Gasteiger partial charge in [0.2, 0.25) is 0 Å². The van der Waals surface area contributed by atoms with Crippen LogP contribution in [0.4, 0.5) is 5.69 Å². The first kappa shape index (κ1) is 14.0. The smallest absolute Gasteiger partial charge is 0.115 e. The fourth-order valence-electron chi connectivity index (χ4n) is 2.77. The van der Waals surface area contributed by atoms with Crippen molar-refractivity contribution in [2.75, 3.05) is 31.2 Å². The minimum Gasteiger partial charge on any atom is -0.381 e. The zero-order valence-corrected chi connectivity index (χ0v) is 12.2. The summed E-state index contributed by atoms with van der Waals surface area (Å²) < 4.78 is 5.42. The molecule has 1 fully saturated rings. The van der Waals surface area contributed by atoms with Crippen molar-refractivity contribution in [1.29, 1.82) is 0 Å². The highest BCUT2D eigenvalue weighted by Crippen LogP contribution is 2.35. The van der Waals surface area contributed by atoms with Crippen LogP contribution in [0.5, 0.6) is 0 Å². The molecule has 4 heteroatoms. The predicted octanol–water partition coefficient (Wildman–Crippen LogP) is 2.17. The highest BCUT2D eigenvalue weighted by atomic mass is 16.5. The highest BCUT2D eigenvalue weighted by molar-refractivity contribution is 5.58. The number of rotatable bonds is 3. The van der Waals surface area contributed by atoms with E-state index in [2.05, 4.69) is 16.0 Å². The molecule has 1 aliphatic rings.